The predicted molar refractivity (Wildman–Crippen MR) is 93.9 cm³/mol. The van der Waals surface area contributed by atoms with Crippen LogP contribution in [-0.2, 0) is 0 Å². The smallest absolute Gasteiger partial charge is 0.410 e. The highest BCUT2D eigenvalue weighted by molar-refractivity contribution is 6.30. The average molecular weight is 331 g/mol. The minimum absolute atomic E-state index is 0.419. The number of carbonyl (C=O) groups is 1. The first-order valence-electron chi connectivity index (χ1n) is 7.82. The van der Waals surface area contributed by atoms with Crippen molar-refractivity contribution in [2.24, 2.45) is 0 Å². The molecule has 2 rings (SSSR count). The molecular weight excluding hydrogens is 310 g/mol. The van der Waals surface area contributed by atoms with Crippen molar-refractivity contribution in [2.45, 2.75) is 26.7 Å². The molecule has 0 atom stereocenters. The third kappa shape index (κ3) is 5.00. The summed E-state index contributed by atoms with van der Waals surface area (Å²) in [7, 11) is 0. The van der Waals surface area contributed by atoms with E-state index in [1.807, 2.05) is 55.5 Å². The van der Waals surface area contributed by atoms with Gasteiger partial charge in [0.2, 0.25) is 0 Å². The predicted octanol–water partition coefficient (Wildman–Crippen LogP) is 5.22. The van der Waals surface area contributed by atoms with Crippen LogP contribution in [0.25, 0.3) is 0 Å². The number of rotatable bonds is 6. The van der Waals surface area contributed by atoms with E-state index in [4.69, 9.17) is 16.3 Å². The quantitative estimate of drug-likeness (QED) is 0.788. The van der Waals surface area contributed by atoms with Crippen molar-refractivity contribution in [3.8, 4) is 5.75 Å². The number of ether oxygens (including phenoxy) is 1. The number of benzene rings is 2. The summed E-state index contributed by atoms with van der Waals surface area (Å²) in [5, 5.41) is 3.41. The highest BCUT2D eigenvalue weighted by Crippen LogP contribution is 2.29. The Balaban J connectivity index is 2.07. The summed E-state index contributed by atoms with van der Waals surface area (Å²) < 4.78 is 5.23. The summed E-state index contributed by atoms with van der Waals surface area (Å²) in [6.07, 6.45) is 1.36. The second-order valence-corrected chi connectivity index (χ2v) is 5.62. The maximum Gasteiger partial charge on any atom is 0.412 e. The fourth-order valence-electron chi connectivity index (χ4n) is 2.32. The lowest BCUT2D eigenvalue weighted by atomic mass is 9.89. The van der Waals surface area contributed by atoms with Gasteiger partial charge in [0.25, 0.3) is 0 Å². The van der Waals surface area contributed by atoms with Crippen molar-refractivity contribution in [3.63, 3.8) is 0 Å². The molecule has 0 unspecified atom stereocenters. The summed E-state index contributed by atoms with van der Waals surface area (Å²) in [6, 6.07) is 15.4. The van der Waals surface area contributed by atoms with Crippen molar-refractivity contribution < 1.29 is 9.53 Å². The van der Waals surface area contributed by atoms with Gasteiger partial charge in [-0.15, -0.1) is 0 Å². The van der Waals surface area contributed by atoms with E-state index in [1.165, 1.54) is 5.92 Å². The maximum atomic E-state index is 11.5. The third-order valence-corrected chi connectivity index (χ3v) is 3.73. The Bertz CT molecular complexity index is 623. The lowest BCUT2D eigenvalue weighted by Crippen LogP contribution is -2.27. The van der Waals surface area contributed by atoms with Gasteiger partial charge in [-0.2, -0.15) is 0 Å². The molecule has 121 valence electrons. The zero-order valence-corrected chi connectivity index (χ0v) is 14.2. The molecule has 0 saturated carbocycles. The number of carbonyl (C=O) groups excluding carboxylic acids is 1. The molecular formula is C19H21ClNO2. The van der Waals surface area contributed by atoms with Crippen LogP contribution in [0.2, 0.25) is 5.02 Å². The van der Waals surface area contributed by atoms with Gasteiger partial charge in [0.15, 0.2) is 0 Å². The van der Waals surface area contributed by atoms with E-state index in [-0.39, 0.29) is 0 Å². The van der Waals surface area contributed by atoms with E-state index < -0.39 is 6.09 Å². The van der Waals surface area contributed by atoms with Crippen LogP contribution in [0.5, 0.6) is 5.75 Å². The van der Waals surface area contributed by atoms with E-state index in [2.05, 4.69) is 12.2 Å². The second-order valence-electron chi connectivity index (χ2n) is 5.18. The Hall–Kier alpha value is -2.00. The van der Waals surface area contributed by atoms with Crippen LogP contribution in [0, 0.1) is 5.92 Å². The fraction of sp³-hybridized carbons (Fsp3) is 0.263. The van der Waals surface area contributed by atoms with E-state index in [0.717, 1.165) is 29.0 Å². The van der Waals surface area contributed by atoms with Crippen LogP contribution in [0.1, 0.15) is 37.8 Å². The van der Waals surface area contributed by atoms with Gasteiger partial charge in [0.1, 0.15) is 5.75 Å². The molecule has 0 fully saturated rings. The molecule has 23 heavy (non-hydrogen) atoms. The lowest BCUT2D eigenvalue weighted by molar-refractivity contribution is 0.200. The maximum absolute atomic E-state index is 11.5. The number of hydrogen-bond donors (Lipinski definition) is 1. The number of amides is 1. The van der Waals surface area contributed by atoms with Gasteiger partial charge in [0.05, 0.1) is 0 Å². The lowest BCUT2D eigenvalue weighted by Gasteiger charge is -2.16. The van der Waals surface area contributed by atoms with Crippen LogP contribution >= 0.6 is 11.6 Å². The first kappa shape index (κ1) is 17.4. The number of hydrogen-bond acceptors (Lipinski definition) is 2. The molecule has 1 N–H and O–H groups in total. The molecule has 0 saturated heterocycles. The highest BCUT2D eigenvalue weighted by Gasteiger charge is 2.13. The van der Waals surface area contributed by atoms with E-state index in [1.54, 1.807) is 0 Å². The van der Waals surface area contributed by atoms with Gasteiger partial charge in [-0.1, -0.05) is 49.7 Å². The fourth-order valence-corrected chi connectivity index (χ4v) is 2.45. The number of halogens is 1. The molecule has 0 bridgehead atoms. The third-order valence-electron chi connectivity index (χ3n) is 3.48. The summed E-state index contributed by atoms with van der Waals surface area (Å²) in [5.41, 5.74) is 2.25. The molecule has 0 heterocycles. The van der Waals surface area contributed by atoms with Crippen molar-refractivity contribution in [2.75, 3.05) is 6.54 Å². The van der Waals surface area contributed by atoms with Gasteiger partial charge in [-0.05, 0) is 48.2 Å². The first-order chi connectivity index (χ1) is 11.1. The zero-order chi connectivity index (χ0) is 16.7. The summed E-state index contributed by atoms with van der Waals surface area (Å²) in [6.45, 7) is 4.72. The topological polar surface area (TPSA) is 38.3 Å². The molecule has 2 aromatic carbocycles. The van der Waals surface area contributed by atoms with Crippen LogP contribution < -0.4 is 10.1 Å². The van der Waals surface area contributed by atoms with Gasteiger partial charge >= 0.3 is 6.09 Å². The van der Waals surface area contributed by atoms with E-state index >= 15 is 0 Å². The SMILES string of the molecule is CCCNC(=O)Oc1ccc([C](CC)c2ccc(Cl)cc2)cc1. The second kappa shape index (κ2) is 8.59. The minimum Gasteiger partial charge on any atom is -0.410 e. The molecule has 0 spiro atoms. The zero-order valence-electron chi connectivity index (χ0n) is 13.4. The molecule has 2 aromatic rings. The Morgan fingerprint density at radius 1 is 1.00 bits per heavy atom. The summed E-state index contributed by atoms with van der Waals surface area (Å²) in [4.78, 5) is 11.5. The molecule has 0 aliphatic rings. The Labute approximate surface area is 142 Å². The van der Waals surface area contributed by atoms with Gasteiger partial charge < -0.3 is 10.1 Å². The molecule has 1 radical (unpaired) electrons. The van der Waals surface area contributed by atoms with Crippen molar-refractivity contribution in [1.82, 2.24) is 5.32 Å². The Morgan fingerprint density at radius 3 is 2.09 bits per heavy atom. The minimum atomic E-state index is -0.419. The van der Waals surface area contributed by atoms with Gasteiger partial charge in [-0.3, -0.25) is 0 Å². The summed E-state index contributed by atoms with van der Waals surface area (Å²) in [5.74, 6) is 1.76. The standard InChI is InChI=1S/C19H21ClNO2/c1-3-13-21-19(22)23-17-11-7-15(8-12-17)18(4-2)14-5-9-16(20)10-6-14/h5-12H,3-4,13H2,1-2H3,(H,21,22). The molecule has 0 aliphatic heterocycles. The highest BCUT2D eigenvalue weighted by atomic mass is 35.5. The largest absolute Gasteiger partial charge is 0.412 e. The van der Waals surface area contributed by atoms with Crippen molar-refractivity contribution >= 4 is 17.7 Å². The Morgan fingerprint density at radius 2 is 1.57 bits per heavy atom. The number of nitrogens with one attached hydrogen (secondary N) is 1. The molecule has 0 aliphatic carbocycles. The summed E-state index contributed by atoms with van der Waals surface area (Å²) >= 11 is 5.95. The van der Waals surface area contributed by atoms with E-state index in [9.17, 15) is 4.79 Å². The molecule has 3 nitrogen and oxygen atoms in total. The van der Waals surface area contributed by atoms with Gasteiger partial charge in [-0.25, -0.2) is 4.79 Å². The van der Waals surface area contributed by atoms with Crippen LogP contribution in [0.15, 0.2) is 48.5 Å². The van der Waals surface area contributed by atoms with Crippen LogP contribution in [-0.4, -0.2) is 12.6 Å². The monoisotopic (exact) mass is 330 g/mol. The Kier molecular flexibility index (Phi) is 6.48. The van der Waals surface area contributed by atoms with Crippen molar-refractivity contribution in [1.29, 1.82) is 0 Å². The molecule has 1 amide bonds. The van der Waals surface area contributed by atoms with Crippen LogP contribution in [0.3, 0.4) is 0 Å². The average Bonchev–Trinajstić information content (AvgIpc) is 2.57. The van der Waals surface area contributed by atoms with Crippen molar-refractivity contribution in [3.05, 3.63) is 70.6 Å². The molecule has 0 aromatic heterocycles. The van der Waals surface area contributed by atoms with Crippen LogP contribution in [0.4, 0.5) is 4.79 Å². The first-order valence-corrected chi connectivity index (χ1v) is 8.19. The van der Waals surface area contributed by atoms with Gasteiger partial charge in [0, 0.05) is 17.5 Å². The van der Waals surface area contributed by atoms with E-state index in [0.29, 0.717) is 12.3 Å². The molecule has 4 heteroatoms. The normalized spacial score (nSPS) is 10.6.